The van der Waals surface area contributed by atoms with Gasteiger partial charge in [-0.15, -0.1) is 6.58 Å². The predicted molar refractivity (Wildman–Crippen MR) is 118 cm³/mol. The number of carbonyl (C=O) groups is 1. The quantitative estimate of drug-likeness (QED) is 0.505. The summed E-state index contributed by atoms with van der Waals surface area (Å²) in [7, 11) is -3.90. The first kappa shape index (κ1) is 23.4. The van der Waals surface area contributed by atoms with Crippen molar-refractivity contribution in [3.05, 3.63) is 71.3 Å². The topological polar surface area (TPSA) is 71.7 Å². The van der Waals surface area contributed by atoms with Gasteiger partial charge in [-0.25, -0.2) is 21.6 Å². The third-order valence-electron chi connectivity index (χ3n) is 5.40. The second-order valence-electron chi connectivity index (χ2n) is 7.62. The number of rotatable bonds is 5. The summed E-state index contributed by atoms with van der Waals surface area (Å²) >= 11 is 0.969. The summed E-state index contributed by atoms with van der Waals surface area (Å²) in [6, 6.07) is 6.43. The van der Waals surface area contributed by atoms with Gasteiger partial charge in [-0.05, 0) is 43.2 Å². The van der Waals surface area contributed by atoms with Crippen LogP contribution >= 0.6 is 11.3 Å². The van der Waals surface area contributed by atoms with Crippen LogP contribution in [0, 0.1) is 23.4 Å². The van der Waals surface area contributed by atoms with Crippen molar-refractivity contribution in [1.29, 1.82) is 0 Å². The second kappa shape index (κ2) is 9.24. The van der Waals surface area contributed by atoms with E-state index in [1.165, 1.54) is 33.1 Å². The van der Waals surface area contributed by atoms with Gasteiger partial charge >= 0.3 is 0 Å². The van der Waals surface area contributed by atoms with Crippen molar-refractivity contribution in [3.8, 4) is 0 Å². The van der Waals surface area contributed by atoms with Crippen LogP contribution < -0.4 is 4.80 Å². The molecule has 0 spiro atoms. The molecule has 1 amide bonds. The Kier molecular flexibility index (Phi) is 6.55. The van der Waals surface area contributed by atoms with E-state index >= 15 is 0 Å². The van der Waals surface area contributed by atoms with E-state index in [4.69, 9.17) is 0 Å². The molecule has 11 heteroatoms. The van der Waals surface area contributed by atoms with Crippen LogP contribution in [0.15, 0.2) is 58.9 Å². The number of hydrogen-bond acceptors (Lipinski definition) is 4. The first-order valence-corrected chi connectivity index (χ1v) is 12.4. The third kappa shape index (κ3) is 4.66. The number of aromatic nitrogens is 1. The first-order chi connectivity index (χ1) is 15.7. The minimum atomic E-state index is -3.90. The molecule has 0 N–H and O–H groups in total. The molecule has 0 saturated carbocycles. The van der Waals surface area contributed by atoms with Gasteiger partial charge in [0.2, 0.25) is 10.0 Å². The van der Waals surface area contributed by atoms with Gasteiger partial charge in [0, 0.05) is 25.7 Å². The highest BCUT2D eigenvalue weighted by atomic mass is 32.2. The van der Waals surface area contributed by atoms with Crippen LogP contribution in [-0.2, 0) is 21.4 Å². The van der Waals surface area contributed by atoms with Crippen molar-refractivity contribution in [1.82, 2.24) is 8.87 Å². The first-order valence-electron chi connectivity index (χ1n) is 10.1. The summed E-state index contributed by atoms with van der Waals surface area (Å²) in [5.41, 5.74) is 0.122. The molecule has 0 bridgehead atoms. The molecule has 0 radical (unpaired) electrons. The van der Waals surface area contributed by atoms with Gasteiger partial charge in [0.05, 0.1) is 21.0 Å². The van der Waals surface area contributed by atoms with Crippen LogP contribution in [-0.4, -0.2) is 36.3 Å². The average Bonchev–Trinajstić information content (AvgIpc) is 3.11. The van der Waals surface area contributed by atoms with E-state index in [0.717, 1.165) is 29.5 Å². The molecule has 3 aromatic rings. The van der Waals surface area contributed by atoms with Crippen molar-refractivity contribution in [2.45, 2.75) is 24.3 Å². The number of carbonyl (C=O) groups excluding carboxylic acids is 1. The fraction of sp³-hybridized carbons (Fsp3) is 0.273. The Morgan fingerprint density at radius 2 is 1.91 bits per heavy atom. The molecule has 0 aliphatic carbocycles. The molecule has 6 nitrogen and oxygen atoms in total. The van der Waals surface area contributed by atoms with Crippen molar-refractivity contribution in [2.24, 2.45) is 10.9 Å². The molecule has 1 aliphatic rings. The van der Waals surface area contributed by atoms with Crippen LogP contribution in [0.4, 0.5) is 13.2 Å². The molecule has 1 aromatic heterocycles. The van der Waals surface area contributed by atoms with Crippen molar-refractivity contribution in [3.63, 3.8) is 0 Å². The minimum absolute atomic E-state index is 0.0558. The number of piperidine rings is 1. The largest absolute Gasteiger partial charge is 0.310 e. The van der Waals surface area contributed by atoms with E-state index in [0.29, 0.717) is 17.5 Å². The maximum atomic E-state index is 14.4. The molecule has 2 aromatic carbocycles. The fourth-order valence-electron chi connectivity index (χ4n) is 3.82. The summed E-state index contributed by atoms with van der Waals surface area (Å²) in [5.74, 6) is -3.30. The molecule has 1 atom stereocenters. The lowest BCUT2D eigenvalue weighted by Crippen LogP contribution is -2.42. The number of hydrogen-bond donors (Lipinski definition) is 0. The van der Waals surface area contributed by atoms with Gasteiger partial charge in [0.25, 0.3) is 5.91 Å². The van der Waals surface area contributed by atoms with Gasteiger partial charge < -0.3 is 4.57 Å². The summed E-state index contributed by atoms with van der Waals surface area (Å²) in [6.07, 6.45) is 2.40. The van der Waals surface area contributed by atoms with Crippen LogP contribution in [0.1, 0.15) is 12.8 Å². The van der Waals surface area contributed by atoms with Gasteiger partial charge in [-0.2, -0.15) is 9.30 Å². The highest BCUT2D eigenvalue weighted by Gasteiger charge is 2.33. The Labute approximate surface area is 192 Å². The van der Waals surface area contributed by atoms with Gasteiger partial charge in [0.1, 0.15) is 11.6 Å². The SMILES string of the molecule is C=CCn1c(=NC(=O)C2CCCN(S(=O)(=O)c3ccc(F)cc3)C2)sc2cc(F)cc(F)c21. The van der Waals surface area contributed by atoms with E-state index < -0.39 is 39.3 Å². The number of amides is 1. The molecule has 174 valence electrons. The number of fused-ring (bicyclic) bond motifs is 1. The zero-order chi connectivity index (χ0) is 23.8. The summed E-state index contributed by atoms with van der Waals surface area (Å²) in [4.78, 5) is 17.2. The lowest BCUT2D eigenvalue weighted by molar-refractivity contribution is -0.122. The fourth-order valence-corrected chi connectivity index (χ4v) is 6.42. The molecule has 2 heterocycles. The zero-order valence-electron chi connectivity index (χ0n) is 17.4. The molecular weight excluding hydrogens is 475 g/mol. The Balaban J connectivity index is 1.65. The van der Waals surface area contributed by atoms with E-state index in [1.54, 1.807) is 0 Å². The molecule has 1 saturated heterocycles. The maximum Gasteiger partial charge on any atom is 0.252 e. The van der Waals surface area contributed by atoms with Crippen LogP contribution in [0.2, 0.25) is 0 Å². The lowest BCUT2D eigenvalue weighted by atomic mass is 9.99. The lowest BCUT2D eigenvalue weighted by Gasteiger charge is -2.30. The van der Waals surface area contributed by atoms with Crippen LogP contribution in [0.3, 0.4) is 0 Å². The highest BCUT2D eigenvalue weighted by molar-refractivity contribution is 7.89. The van der Waals surface area contributed by atoms with Crippen molar-refractivity contribution < 1.29 is 26.4 Å². The minimum Gasteiger partial charge on any atom is -0.310 e. The molecule has 33 heavy (non-hydrogen) atoms. The summed E-state index contributed by atoms with van der Waals surface area (Å²) in [5, 5.41) is 0. The van der Waals surface area contributed by atoms with E-state index in [2.05, 4.69) is 11.6 Å². The van der Waals surface area contributed by atoms with Crippen LogP contribution in [0.5, 0.6) is 0 Å². The average molecular weight is 496 g/mol. The van der Waals surface area contributed by atoms with Gasteiger partial charge in [0.15, 0.2) is 10.6 Å². The Morgan fingerprint density at radius 1 is 1.18 bits per heavy atom. The predicted octanol–water partition coefficient (Wildman–Crippen LogP) is 3.83. The highest BCUT2D eigenvalue weighted by Crippen LogP contribution is 2.26. The number of thiazole rings is 1. The van der Waals surface area contributed by atoms with E-state index in [-0.39, 0.29) is 34.8 Å². The number of halogens is 3. The Bertz CT molecular complexity index is 1400. The monoisotopic (exact) mass is 495 g/mol. The third-order valence-corrected chi connectivity index (χ3v) is 8.30. The maximum absolute atomic E-state index is 14.4. The Hall–Kier alpha value is -2.76. The summed E-state index contributed by atoms with van der Waals surface area (Å²) < 4.78 is 70.0. The smallest absolute Gasteiger partial charge is 0.252 e. The number of allylic oxidation sites excluding steroid dienone is 1. The number of nitrogens with zero attached hydrogens (tertiary/aromatic N) is 3. The van der Waals surface area contributed by atoms with Crippen LogP contribution in [0.25, 0.3) is 10.2 Å². The molecule has 1 fully saturated rings. The van der Waals surface area contributed by atoms with Gasteiger partial charge in [-0.1, -0.05) is 17.4 Å². The molecule has 1 aliphatic heterocycles. The van der Waals surface area contributed by atoms with Crippen molar-refractivity contribution in [2.75, 3.05) is 13.1 Å². The van der Waals surface area contributed by atoms with E-state index in [9.17, 15) is 26.4 Å². The van der Waals surface area contributed by atoms with Crippen molar-refractivity contribution >= 4 is 37.5 Å². The number of benzene rings is 2. The normalized spacial score (nSPS) is 18.0. The molecule has 1 unspecified atom stereocenters. The number of sulfonamides is 1. The Morgan fingerprint density at radius 3 is 2.61 bits per heavy atom. The van der Waals surface area contributed by atoms with E-state index in [1.807, 2.05) is 0 Å². The zero-order valence-corrected chi connectivity index (χ0v) is 19.0. The molecule has 4 rings (SSSR count). The standard InChI is InChI=1S/C22H20F3N3O3S2/c1-2-9-28-20-18(25)11-16(24)12-19(20)32-22(28)26-21(29)14-4-3-10-27(13-14)33(30,31)17-7-5-15(23)6-8-17/h2,5-8,11-12,14H,1,3-4,9-10,13H2. The summed E-state index contributed by atoms with van der Waals surface area (Å²) in [6.45, 7) is 3.95. The molecular formula is C22H20F3N3O3S2. The second-order valence-corrected chi connectivity index (χ2v) is 10.6. The van der Waals surface area contributed by atoms with Gasteiger partial charge in [-0.3, -0.25) is 4.79 Å².